The number of fused-ring (bicyclic) bond motifs is 2. The Morgan fingerprint density at radius 3 is 2.59 bits per heavy atom. The lowest BCUT2D eigenvalue weighted by Crippen LogP contribution is -2.39. The molecule has 32 heavy (non-hydrogen) atoms. The number of benzene rings is 1. The third-order valence-corrected chi connectivity index (χ3v) is 4.82. The van der Waals surface area contributed by atoms with E-state index >= 15 is 0 Å². The van der Waals surface area contributed by atoms with Crippen molar-refractivity contribution in [2.24, 2.45) is 7.05 Å². The second-order valence-corrected chi connectivity index (χ2v) is 7.05. The average Bonchev–Trinajstić information content (AvgIpc) is 3.04. The largest absolute Gasteiger partial charge is 0.490 e. The van der Waals surface area contributed by atoms with Crippen molar-refractivity contribution in [3.05, 3.63) is 52.2 Å². The quantitative estimate of drug-likeness (QED) is 0.538. The summed E-state index contributed by atoms with van der Waals surface area (Å²) in [7, 11) is 1.75. The van der Waals surface area contributed by atoms with E-state index in [0.29, 0.717) is 29.9 Å². The number of aromatic nitrogens is 4. The summed E-state index contributed by atoms with van der Waals surface area (Å²) in [6, 6.07) is 7.38. The lowest BCUT2D eigenvalue weighted by atomic mass is 10.1. The van der Waals surface area contributed by atoms with Crippen molar-refractivity contribution < 1.29 is 27.9 Å². The predicted molar refractivity (Wildman–Crippen MR) is 107 cm³/mol. The minimum Gasteiger partial charge on any atom is -0.475 e. The van der Waals surface area contributed by atoms with Gasteiger partial charge in [0.15, 0.2) is 5.65 Å². The van der Waals surface area contributed by atoms with E-state index in [2.05, 4.69) is 20.4 Å². The van der Waals surface area contributed by atoms with Crippen molar-refractivity contribution in [1.82, 2.24) is 24.6 Å². The number of nitrogens with one attached hydrogen (secondary N) is 2. The number of anilines is 1. The summed E-state index contributed by atoms with van der Waals surface area (Å²) in [5.41, 5.74) is 2.17. The maximum atomic E-state index is 12.4. The van der Waals surface area contributed by atoms with Crippen LogP contribution in [0.3, 0.4) is 0 Å². The minimum atomic E-state index is -5.08. The number of aryl methyl sites for hydroxylation is 1. The maximum Gasteiger partial charge on any atom is 0.490 e. The van der Waals surface area contributed by atoms with Gasteiger partial charge in [0, 0.05) is 19.3 Å². The Morgan fingerprint density at radius 2 is 1.94 bits per heavy atom. The second-order valence-electron chi connectivity index (χ2n) is 7.05. The zero-order valence-electron chi connectivity index (χ0n) is 17.0. The van der Waals surface area contributed by atoms with Crippen LogP contribution in [0, 0.1) is 0 Å². The highest BCUT2D eigenvalue weighted by Crippen LogP contribution is 2.23. The molecule has 1 atom stereocenters. The molecule has 3 N–H and O–H groups in total. The molecule has 1 aromatic carbocycles. The Balaban J connectivity index is 0.000000360. The lowest BCUT2D eigenvalue weighted by Gasteiger charge is -2.24. The molecule has 0 bridgehead atoms. The number of halogens is 3. The number of aliphatic carboxylic acids is 1. The Kier molecular flexibility index (Phi) is 6.30. The number of hydrogen-bond donors (Lipinski definition) is 3. The van der Waals surface area contributed by atoms with Crippen LogP contribution in [0.4, 0.5) is 18.9 Å². The van der Waals surface area contributed by atoms with Gasteiger partial charge < -0.3 is 15.4 Å². The summed E-state index contributed by atoms with van der Waals surface area (Å²) in [5, 5.41) is 14.6. The fourth-order valence-electron chi connectivity index (χ4n) is 3.08. The lowest BCUT2D eigenvalue weighted by molar-refractivity contribution is -0.192. The third-order valence-electron chi connectivity index (χ3n) is 4.82. The summed E-state index contributed by atoms with van der Waals surface area (Å²) in [4.78, 5) is 42.8. The van der Waals surface area contributed by atoms with Gasteiger partial charge >= 0.3 is 12.1 Å². The van der Waals surface area contributed by atoms with Crippen LogP contribution in [0.5, 0.6) is 0 Å². The topological polar surface area (TPSA) is 133 Å². The fourth-order valence-corrected chi connectivity index (χ4v) is 3.08. The van der Waals surface area contributed by atoms with Crippen LogP contribution in [0.1, 0.15) is 18.3 Å². The van der Waals surface area contributed by atoms with Gasteiger partial charge in [-0.1, -0.05) is 18.2 Å². The molecule has 3 heterocycles. The standard InChI is InChI=1S/C17H18N6O2.C2HF3O2/c1-10-16(24)19-13-6-4-3-5-11(13)8-23(10)9-14-20-15-12(17(25)21-14)7-18-22(15)2;3-2(4,5)1(6)7/h3-7,10H,8-9H2,1-2H3,(H,19,24)(H,20,21,25);(H,6,7). The first kappa shape index (κ1) is 22.9. The van der Waals surface area contributed by atoms with Gasteiger partial charge in [-0.3, -0.25) is 19.2 Å². The number of hydrogen-bond acceptors (Lipinski definition) is 6. The number of H-pyrrole nitrogens is 1. The van der Waals surface area contributed by atoms with Crippen LogP contribution in [-0.4, -0.2) is 53.8 Å². The van der Waals surface area contributed by atoms with Crippen molar-refractivity contribution in [2.45, 2.75) is 32.2 Å². The molecule has 13 heteroatoms. The van der Waals surface area contributed by atoms with Gasteiger partial charge in [0.05, 0.1) is 18.8 Å². The Hall–Kier alpha value is -3.74. The van der Waals surface area contributed by atoms with E-state index in [1.807, 2.05) is 36.1 Å². The highest BCUT2D eigenvalue weighted by atomic mass is 19.4. The van der Waals surface area contributed by atoms with E-state index in [4.69, 9.17) is 9.90 Å². The molecule has 0 spiro atoms. The molecule has 4 rings (SSSR count). The number of carbonyl (C=O) groups excluding carboxylic acids is 1. The highest BCUT2D eigenvalue weighted by molar-refractivity contribution is 5.95. The van der Waals surface area contributed by atoms with Crippen LogP contribution in [0.15, 0.2) is 35.3 Å². The van der Waals surface area contributed by atoms with Gasteiger partial charge in [-0.25, -0.2) is 9.78 Å². The molecule has 1 amide bonds. The summed E-state index contributed by atoms with van der Waals surface area (Å²) < 4.78 is 33.3. The number of nitrogens with zero attached hydrogens (tertiary/aromatic N) is 4. The summed E-state index contributed by atoms with van der Waals surface area (Å²) in [5.74, 6) is -2.32. The molecule has 10 nitrogen and oxygen atoms in total. The SMILES string of the molecule is CC1C(=O)Nc2ccccc2CN1Cc1nc2c(cnn2C)c(=O)[nH]1.O=C(O)C(F)(F)F. The molecule has 170 valence electrons. The first-order valence-electron chi connectivity index (χ1n) is 9.31. The van der Waals surface area contributed by atoms with Crippen LogP contribution >= 0.6 is 0 Å². The second kappa shape index (κ2) is 8.78. The van der Waals surface area contributed by atoms with Crippen molar-refractivity contribution in [1.29, 1.82) is 0 Å². The molecule has 0 saturated carbocycles. The molecule has 3 aromatic rings. The van der Waals surface area contributed by atoms with Crippen molar-refractivity contribution in [2.75, 3.05) is 5.32 Å². The number of carboxylic acids is 1. The molecule has 0 fully saturated rings. The number of carbonyl (C=O) groups is 2. The first-order chi connectivity index (χ1) is 15.0. The van der Waals surface area contributed by atoms with E-state index in [9.17, 15) is 22.8 Å². The third kappa shape index (κ3) is 4.94. The van der Waals surface area contributed by atoms with Crippen LogP contribution in [-0.2, 0) is 29.7 Å². The molecule has 1 unspecified atom stereocenters. The van der Waals surface area contributed by atoms with E-state index in [1.54, 1.807) is 11.7 Å². The number of carboxylic acid groups (broad SMARTS) is 1. The maximum absolute atomic E-state index is 12.4. The molecular formula is C19H19F3N6O4. The summed E-state index contributed by atoms with van der Waals surface area (Å²) >= 11 is 0. The number of aromatic amines is 1. The monoisotopic (exact) mass is 452 g/mol. The van der Waals surface area contributed by atoms with Crippen LogP contribution in [0.2, 0.25) is 0 Å². The van der Waals surface area contributed by atoms with Crippen molar-refractivity contribution >= 4 is 28.6 Å². The van der Waals surface area contributed by atoms with E-state index in [-0.39, 0.29) is 17.5 Å². The van der Waals surface area contributed by atoms with Gasteiger partial charge in [0.25, 0.3) is 5.56 Å². The van der Waals surface area contributed by atoms with Gasteiger partial charge in [0.2, 0.25) is 5.91 Å². The number of rotatable bonds is 2. The summed E-state index contributed by atoms with van der Waals surface area (Å²) in [6.45, 7) is 2.80. The van der Waals surface area contributed by atoms with Crippen molar-refractivity contribution in [3.63, 3.8) is 0 Å². The zero-order valence-corrected chi connectivity index (χ0v) is 17.0. The van der Waals surface area contributed by atoms with E-state index in [1.165, 1.54) is 6.20 Å². The van der Waals surface area contributed by atoms with Crippen LogP contribution in [0.25, 0.3) is 11.0 Å². The Bertz CT molecular complexity index is 1220. The Morgan fingerprint density at radius 1 is 1.28 bits per heavy atom. The number of amides is 1. The highest BCUT2D eigenvalue weighted by Gasteiger charge is 2.38. The molecule has 0 saturated heterocycles. The molecule has 0 aliphatic carbocycles. The van der Waals surface area contributed by atoms with Gasteiger partial charge in [-0.15, -0.1) is 0 Å². The predicted octanol–water partition coefficient (Wildman–Crippen LogP) is 1.63. The normalized spacial score (nSPS) is 16.5. The molecular weight excluding hydrogens is 433 g/mol. The van der Waals surface area contributed by atoms with E-state index < -0.39 is 12.1 Å². The smallest absolute Gasteiger partial charge is 0.475 e. The van der Waals surface area contributed by atoms with Gasteiger partial charge in [-0.05, 0) is 18.6 Å². The molecule has 2 aromatic heterocycles. The summed E-state index contributed by atoms with van der Waals surface area (Å²) in [6.07, 6.45) is -3.58. The van der Waals surface area contributed by atoms with Crippen molar-refractivity contribution in [3.8, 4) is 0 Å². The van der Waals surface area contributed by atoms with Gasteiger partial charge in [0.1, 0.15) is 11.2 Å². The van der Waals surface area contributed by atoms with Crippen LogP contribution < -0.4 is 10.9 Å². The zero-order chi connectivity index (χ0) is 23.6. The number of para-hydroxylation sites is 1. The van der Waals surface area contributed by atoms with Gasteiger partial charge in [-0.2, -0.15) is 18.3 Å². The fraction of sp³-hybridized carbons (Fsp3) is 0.316. The minimum absolute atomic E-state index is 0.0751. The Labute approximate surface area is 178 Å². The average molecular weight is 452 g/mol. The number of alkyl halides is 3. The molecule has 0 radical (unpaired) electrons. The molecule has 1 aliphatic rings. The molecule has 1 aliphatic heterocycles. The first-order valence-corrected chi connectivity index (χ1v) is 9.31. The van der Waals surface area contributed by atoms with E-state index in [0.717, 1.165) is 11.3 Å².